The Balaban J connectivity index is 1.95. The third-order valence-electron chi connectivity index (χ3n) is 3.65. The van der Waals surface area contributed by atoms with E-state index in [4.69, 9.17) is 9.26 Å². The topological polar surface area (TPSA) is 80.5 Å². The Kier molecular flexibility index (Phi) is 5.29. The van der Waals surface area contributed by atoms with Gasteiger partial charge in [-0.1, -0.05) is 11.6 Å². The van der Waals surface area contributed by atoms with E-state index >= 15 is 0 Å². The van der Waals surface area contributed by atoms with Crippen LogP contribution in [-0.4, -0.2) is 39.8 Å². The van der Waals surface area contributed by atoms with Gasteiger partial charge in [-0.15, -0.1) is 0 Å². The molecule has 23 heavy (non-hydrogen) atoms. The summed E-state index contributed by atoms with van der Waals surface area (Å²) in [6.45, 7) is 11.9. The summed E-state index contributed by atoms with van der Waals surface area (Å²) >= 11 is 0. The number of rotatable bonds is 4. The second kappa shape index (κ2) is 6.86. The number of nitrogens with one attached hydrogen (secondary N) is 1. The molecule has 0 radical (unpaired) electrons. The van der Waals surface area contributed by atoms with Gasteiger partial charge in [-0.2, -0.15) is 4.98 Å². The fourth-order valence-corrected chi connectivity index (χ4v) is 2.50. The number of hydrogen-bond donors (Lipinski definition) is 1. The molecule has 1 N–H and O–H groups in total. The van der Waals surface area contributed by atoms with Crippen molar-refractivity contribution in [3.63, 3.8) is 0 Å². The van der Waals surface area contributed by atoms with E-state index in [1.54, 1.807) is 0 Å². The highest BCUT2D eigenvalue weighted by atomic mass is 16.6. The Labute approximate surface area is 137 Å². The minimum absolute atomic E-state index is 0.454. The van der Waals surface area contributed by atoms with Crippen molar-refractivity contribution in [2.24, 2.45) is 0 Å². The van der Waals surface area contributed by atoms with Gasteiger partial charge in [0, 0.05) is 0 Å². The first-order chi connectivity index (χ1) is 10.7. The van der Waals surface area contributed by atoms with Crippen molar-refractivity contribution in [3.05, 3.63) is 11.7 Å². The zero-order valence-electron chi connectivity index (χ0n) is 14.8. The maximum atomic E-state index is 11.9. The summed E-state index contributed by atoms with van der Waals surface area (Å²) in [4.78, 5) is 18.7. The summed E-state index contributed by atoms with van der Waals surface area (Å²) in [5.41, 5.74) is -1.30. The van der Waals surface area contributed by atoms with Gasteiger partial charge in [0.05, 0.1) is 6.54 Å². The van der Waals surface area contributed by atoms with E-state index in [0.29, 0.717) is 18.3 Å². The first kappa shape index (κ1) is 17.7. The number of carbonyl (C=O) groups excluding carboxylic acids is 1. The first-order valence-electron chi connectivity index (χ1n) is 8.22. The van der Waals surface area contributed by atoms with Gasteiger partial charge in [-0.25, -0.2) is 4.79 Å². The molecule has 7 nitrogen and oxygen atoms in total. The molecule has 0 bridgehead atoms. The molecular weight excluding hydrogens is 296 g/mol. The summed E-state index contributed by atoms with van der Waals surface area (Å²) in [7, 11) is 0. The lowest BCUT2D eigenvalue weighted by Crippen LogP contribution is -2.44. The lowest BCUT2D eigenvalue weighted by Gasteiger charge is -2.26. The summed E-state index contributed by atoms with van der Waals surface area (Å²) in [5.74, 6) is 1.04. The molecule has 1 fully saturated rings. The lowest BCUT2D eigenvalue weighted by molar-refractivity contribution is 0.0465. The minimum Gasteiger partial charge on any atom is -0.444 e. The van der Waals surface area contributed by atoms with Gasteiger partial charge in [-0.05, 0) is 60.5 Å². The van der Waals surface area contributed by atoms with Crippen LogP contribution in [0.25, 0.3) is 0 Å². The van der Waals surface area contributed by atoms with Crippen LogP contribution in [0.15, 0.2) is 4.52 Å². The zero-order valence-corrected chi connectivity index (χ0v) is 14.8. The molecule has 2 rings (SSSR count). The highest BCUT2D eigenvalue weighted by Crippen LogP contribution is 2.19. The van der Waals surface area contributed by atoms with E-state index in [0.717, 1.165) is 13.1 Å². The van der Waals surface area contributed by atoms with Crippen molar-refractivity contribution in [2.75, 3.05) is 13.1 Å². The molecule has 0 aliphatic carbocycles. The molecule has 1 amide bonds. The number of nitrogens with zero attached hydrogens (tertiary/aromatic N) is 3. The molecule has 1 saturated heterocycles. The van der Waals surface area contributed by atoms with Crippen molar-refractivity contribution >= 4 is 6.09 Å². The molecule has 130 valence electrons. The normalized spacial score (nSPS) is 17.1. The number of amides is 1. The van der Waals surface area contributed by atoms with Crippen molar-refractivity contribution in [3.8, 4) is 0 Å². The first-order valence-corrected chi connectivity index (χ1v) is 8.22. The highest BCUT2D eigenvalue weighted by molar-refractivity contribution is 5.68. The fraction of sp³-hybridized carbons (Fsp3) is 0.812. The molecule has 1 aliphatic heterocycles. The predicted octanol–water partition coefficient (Wildman–Crippen LogP) is 2.82. The van der Waals surface area contributed by atoms with Crippen LogP contribution in [0.5, 0.6) is 0 Å². The average Bonchev–Trinajstić information content (AvgIpc) is 2.86. The van der Waals surface area contributed by atoms with Gasteiger partial charge in [0.25, 0.3) is 0 Å². The molecule has 1 aromatic rings. The van der Waals surface area contributed by atoms with Crippen molar-refractivity contribution in [1.82, 2.24) is 20.4 Å². The van der Waals surface area contributed by atoms with E-state index in [1.807, 2.05) is 34.6 Å². The highest BCUT2D eigenvalue weighted by Gasteiger charge is 2.31. The summed E-state index contributed by atoms with van der Waals surface area (Å²) in [6.07, 6.45) is 3.22. The number of aromatic nitrogens is 2. The number of piperidine rings is 1. The van der Waals surface area contributed by atoms with Crippen LogP contribution in [0.4, 0.5) is 4.79 Å². The molecule has 0 aromatic carbocycles. The van der Waals surface area contributed by atoms with Gasteiger partial charge in [0.2, 0.25) is 5.89 Å². The quantitative estimate of drug-likeness (QED) is 0.917. The Morgan fingerprint density at radius 2 is 1.87 bits per heavy atom. The van der Waals surface area contributed by atoms with Gasteiger partial charge in [-0.3, -0.25) is 4.90 Å². The monoisotopic (exact) mass is 324 g/mol. The van der Waals surface area contributed by atoms with E-state index in [1.165, 1.54) is 19.3 Å². The number of likely N-dealkylation sites (tertiary alicyclic amines) is 1. The molecule has 7 heteroatoms. The standard InChI is InChI=1S/C16H28N4O3/c1-15(2,3)22-14(21)18-16(4,5)13-17-12(23-19-13)11-20-9-7-6-8-10-20/h6-11H2,1-5H3,(H,18,21). The van der Waals surface area contributed by atoms with Crippen LogP contribution in [-0.2, 0) is 16.8 Å². The van der Waals surface area contributed by atoms with Crippen LogP contribution in [0, 0.1) is 0 Å². The molecule has 1 aliphatic rings. The van der Waals surface area contributed by atoms with Crippen molar-refractivity contribution in [2.45, 2.75) is 71.6 Å². The largest absolute Gasteiger partial charge is 0.444 e. The van der Waals surface area contributed by atoms with Crippen LogP contribution in [0.3, 0.4) is 0 Å². The predicted molar refractivity (Wildman–Crippen MR) is 85.8 cm³/mol. The number of hydrogen-bond acceptors (Lipinski definition) is 6. The Morgan fingerprint density at radius 3 is 2.48 bits per heavy atom. The van der Waals surface area contributed by atoms with Crippen molar-refractivity contribution in [1.29, 1.82) is 0 Å². The number of carbonyl (C=O) groups is 1. The van der Waals surface area contributed by atoms with E-state index < -0.39 is 17.2 Å². The molecule has 2 heterocycles. The lowest BCUT2D eigenvalue weighted by atomic mass is 10.1. The number of alkyl carbamates (subject to hydrolysis) is 1. The van der Waals surface area contributed by atoms with Gasteiger partial charge in [0.1, 0.15) is 11.1 Å². The van der Waals surface area contributed by atoms with Gasteiger partial charge in [0.15, 0.2) is 5.82 Å². The molecule has 0 spiro atoms. The summed E-state index contributed by atoms with van der Waals surface area (Å²) in [6, 6.07) is 0. The second-order valence-corrected chi connectivity index (χ2v) is 7.60. The minimum atomic E-state index is -0.758. The summed E-state index contributed by atoms with van der Waals surface area (Å²) in [5, 5.41) is 6.81. The van der Waals surface area contributed by atoms with Crippen LogP contribution < -0.4 is 5.32 Å². The fourth-order valence-electron chi connectivity index (χ4n) is 2.50. The maximum Gasteiger partial charge on any atom is 0.408 e. The second-order valence-electron chi connectivity index (χ2n) is 7.60. The van der Waals surface area contributed by atoms with Crippen LogP contribution in [0.2, 0.25) is 0 Å². The van der Waals surface area contributed by atoms with Crippen molar-refractivity contribution < 1.29 is 14.1 Å². The molecule has 0 atom stereocenters. The third kappa shape index (κ3) is 5.49. The van der Waals surface area contributed by atoms with Crippen LogP contribution >= 0.6 is 0 Å². The Hall–Kier alpha value is -1.63. The SMILES string of the molecule is CC(C)(C)OC(=O)NC(C)(C)c1noc(CN2CCCCC2)n1. The maximum absolute atomic E-state index is 11.9. The Morgan fingerprint density at radius 1 is 1.22 bits per heavy atom. The average molecular weight is 324 g/mol. The third-order valence-corrected chi connectivity index (χ3v) is 3.65. The molecule has 0 saturated carbocycles. The van der Waals surface area contributed by atoms with Gasteiger partial charge >= 0.3 is 6.09 Å². The van der Waals surface area contributed by atoms with E-state index in [9.17, 15) is 4.79 Å². The summed E-state index contributed by atoms with van der Waals surface area (Å²) < 4.78 is 10.6. The molecule has 1 aromatic heterocycles. The zero-order chi connectivity index (χ0) is 17.1. The molecule has 0 unspecified atom stereocenters. The number of ether oxygens (including phenoxy) is 1. The van der Waals surface area contributed by atoms with E-state index in [2.05, 4.69) is 20.4 Å². The molecular formula is C16H28N4O3. The Bertz CT molecular complexity index is 528. The van der Waals surface area contributed by atoms with E-state index in [-0.39, 0.29) is 0 Å². The van der Waals surface area contributed by atoms with Crippen LogP contribution in [0.1, 0.15) is 65.6 Å². The smallest absolute Gasteiger partial charge is 0.408 e. The van der Waals surface area contributed by atoms with Gasteiger partial charge < -0.3 is 14.6 Å².